The van der Waals surface area contributed by atoms with Gasteiger partial charge in [0.25, 0.3) is 0 Å². The quantitative estimate of drug-likeness (QED) is 0.0680. The first kappa shape index (κ1) is 38.7. The highest BCUT2D eigenvalue weighted by atomic mass is 31.2. The Bertz CT molecular complexity index is 1120. The van der Waals surface area contributed by atoms with Crippen molar-refractivity contribution in [2.24, 2.45) is 0 Å². The highest BCUT2D eigenvalue weighted by Gasteiger charge is 2.37. The van der Waals surface area contributed by atoms with Gasteiger partial charge in [-0.25, -0.2) is 0 Å². The lowest BCUT2D eigenvalue weighted by molar-refractivity contribution is -0.126. The van der Waals surface area contributed by atoms with E-state index in [1.165, 1.54) is 64.2 Å². The molecule has 0 aliphatic carbocycles. The standard InChI is InChI=1S/C36H56NO7P/c1-5-6-7-8-9-10-11-12-13-14-15-16-17-18-35(39)37-33(34(38)27-45(40,41)42)25-30-19-21-32(22-20-30)44-26-31-23-28(2)36(43-4)29(3)24-31/h19-24,33,40-42H,5-18,25-27H2,1-4H3/p+1/t33-/m0/s1. The number of carbonyl (C=O) groups is 2. The Morgan fingerprint density at radius 1 is 0.778 bits per heavy atom. The lowest BCUT2D eigenvalue weighted by Crippen LogP contribution is -2.43. The summed E-state index contributed by atoms with van der Waals surface area (Å²) in [4.78, 5) is 54.0. The van der Waals surface area contributed by atoms with Gasteiger partial charge in [0.2, 0.25) is 11.7 Å². The third-order valence-electron chi connectivity index (χ3n) is 8.09. The number of carbonyl (C=O) groups excluding carboxylic acids is 2. The Morgan fingerprint density at radius 2 is 1.29 bits per heavy atom. The van der Waals surface area contributed by atoms with Crippen molar-refractivity contribution in [3.05, 3.63) is 58.7 Å². The molecule has 1 atom stereocenters. The minimum Gasteiger partial charge on any atom is -0.496 e. The van der Waals surface area contributed by atoms with Gasteiger partial charge in [-0.05, 0) is 73.2 Å². The number of methoxy groups -OCH3 is 1. The summed E-state index contributed by atoms with van der Waals surface area (Å²) in [6.45, 7) is 6.62. The lowest BCUT2D eigenvalue weighted by atomic mass is 10.0. The molecule has 2 rings (SSSR count). The van der Waals surface area contributed by atoms with Crippen LogP contribution < -0.4 is 14.8 Å². The van der Waals surface area contributed by atoms with Crippen LogP contribution in [0.15, 0.2) is 36.4 Å². The molecule has 0 aliphatic rings. The summed E-state index contributed by atoms with van der Waals surface area (Å²) in [5.74, 6) is 0.663. The molecule has 8 nitrogen and oxygen atoms in total. The largest absolute Gasteiger partial charge is 0.496 e. The molecule has 0 spiro atoms. The Morgan fingerprint density at radius 3 is 1.78 bits per heavy atom. The second kappa shape index (κ2) is 21.3. The summed E-state index contributed by atoms with van der Waals surface area (Å²) in [6, 6.07) is 10.3. The molecule has 0 heterocycles. The van der Waals surface area contributed by atoms with Crippen LogP contribution in [0.2, 0.25) is 0 Å². The van der Waals surface area contributed by atoms with Gasteiger partial charge in [-0.1, -0.05) is 96.1 Å². The number of ether oxygens (including phenoxy) is 2. The van der Waals surface area contributed by atoms with Crippen molar-refractivity contribution >= 4 is 19.6 Å². The number of Topliss-reactive ketones (excluding diaryl/α,β-unsaturated/α-hetero) is 1. The van der Waals surface area contributed by atoms with Crippen molar-refractivity contribution in [1.82, 2.24) is 5.32 Å². The zero-order chi connectivity index (χ0) is 33.1. The van der Waals surface area contributed by atoms with Crippen LogP contribution >= 0.6 is 7.94 Å². The predicted octanol–water partition coefficient (Wildman–Crippen LogP) is 7.71. The molecule has 9 heteroatoms. The predicted molar refractivity (Wildman–Crippen MR) is 183 cm³/mol. The first-order chi connectivity index (χ1) is 21.5. The van der Waals surface area contributed by atoms with E-state index in [1.807, 2.05) is 38.1 Å². The van der Waals surface area contributed by atoms with Crippen LogP contribution in [0, 0.1) is 13.8 Å². The summed E-state index contributed by atoms with van der Waals surface area (Å²) >= 11 is 0. The number of unbranched alkanes of at least 4 members (excludes halogenated alkanes) is 12. The third kappa shape index (κ3) is 16.6. The molecule has 0 bridgehead atoms. The summed E-state index contributed by atoms with van der Waals surface area (Å²) in [7, 11) is -2.65. The fraction of sp³-hybridized carbons (Fsp3) is 0.611. The topological polar surface area (TPSA) is 125 Å². The molecule has 0 saturated heterocycles. The minimum atomic E-state index is -4.31. The van der Waals surface area contributed by atoms with Gasteiger partial charge in [-0.3, -0.25) is 9.59 Å². The van der Waals surface area contributed by atoms with Crippen molar-refractivity contribution in [2.45, 2.75) is 130 Å². The van der Waals surface area contributed by atoms with E-state index in [0.29, 0.717) is 18.8 Å². The second-order valence-electron chi connectivity index (χ2n) is 12.3. The number of ketones is 1. The lowest BCUT2D eigenvalue weighted by Gasteiger charge is -2.18. The zero-order valence-corrected chi connectivity index (χ0v) is 28.9. The molecule has 1 amide bonds. The zero-order valence-electron chi connectivity index (χ0n) is 28.0. The first-order valence-corrected chi connectivity index (χ1v) is 18.6. The van der Waals surface area contributed by atoms with E-state index in [2.05, 4.69) is 12.2 Å². The van der Waals surface area contributed by atoms with Gasteiger partial charge >= 0.3 is 7.94 Å². The summed E-state index contributed by atoms with van der Waals surface area (Å²) in [5.41, 5.74) is 3.88. The smallest absolute Gasteiger partial charge is 0.411 e. The third-order valence-corrected chi connectivity index (χ3v) is 8.83. The average molecular weight is 647 g/mol. The number of aryl methyl sites for hydroxylation is 2. The maximum Gasteiger partial charge on any atom is 0.411 e. The van der Waals surface area contributed by atoms with Gasteiger partial charge in [0.1, 0.15) is 18.1 Å². The van der Waals surface area contributed by atoms with E-state index in [1.54, 1.807) is 19.2 Å². The summed E-state index contributed by atoms with van der Waals surface area (Å²) < 4.78 is 11.4. The average Bonchev–Trinajstić information content (AvgIpc) is 2.98. The number of hydrogen-bond acceptors (Lipinski definition) is 7. The van der Waals surface area contributed by atoms with Crippen LogP contribution in [-0.2, 0) is 22.6 Å². The van der Waals surface area contributed by atoms with Gasteiger partial charge < -0.3 is 14.8 Å². The molecule has 0 saturated carbocycles. The molecule has 0 fully saturated rings. The normalized spacial score (nSPS) is 12.2. The molecule has 2 aromatic rings. The Hall–Kier alpha value is -2.51. The van der Waals surface area contributed by atoms with E-state index in [4.69, 9.17) is 9.47 Å². The van der Waals surface area contributed by atoms with E-state index < -0.39 is 25.9 Å². The summed E-state index contributed by atoms with van der Waals surface area (Å²) in [5, 5.41) is 2.77. The minimum absolute atomic E-state index is 0.167. The van der Waals surface area contributed by atoms with Crippen LogP contribution in [0.3, 0.4) is 0 Å². The highest BCUT2D eigenvalue weighted by Crippen LogP contribution is 2.44. The van der Waals surface area contributed by atoms with Gasteiger partial charge in [0, 0.05) is 6.42 Å². The number of hydrogen-bond donors (Lipinski definition) is 4. The van der Waals surface area contributed by atoms with E-state index >= 15 is 0 Å². The number of nitrogens with one attached hydrogen (secondary N) is 1. The van der Waals surface area contributed by atoms with Gasteiger partial charge in [-0.2, -0.15) is 14.7 Å². The summed E-state index contributed by atoms with van der Waals surface area (Å²) in [6.07, 6.45) is 15.5. The molecule has 0 unspecified atom stereocenters. The first-order valence-electron chi connectivity index (χ1n) is 16.8. The van der Waals surface area contributed by atoms with E-state index in [9.17, 15) is 24.3 Å². The van der Waals surface area contributed by atoms with Crippen molar-refractivity contribution in [3.63, 3.8) is 0 Å². The number of amides is 1. The number of benzene rings is 2. The van der Waals surface area contributed by atoms with Gasteiger partial charge in [0.05, 0.1) is 13.2 Å². The molecule has 0 aliphatic heterocycles. The van der Waals surface area contributed by atoms with Crippen LogP contribution in [0.1, 0.15) is 119 Å². The SMILES string of the molecule is CCCCCCCCCCCCCCCC(=O)N[C@@H](Cc1ccc(OCc2cc(C)c(OC)c(C)c2)cc1)C(=O)C[P+](O)(O)O. The van der Waals surface area contributed by atoms with Gasteiger partial charge in [0.15, 0.2) is 6.16 Å². The molecule has 0 aromatic heterocycles. The highest BCUT2D eigenvalue weighted by molar-refractivity contribution is 7.59. The Kier molecular flexibility index (Phi) is 18.3. The van der Waals surface area contributed by atoms with Crippen molar-refractivity contribution in [3.8, 4) is 11.5 Å². The molecule has 0 radical (unpaired) electrons. The van der Waals surface area contributed by atoms with Crippen molar-refractivity contribution in [1.29, 1.82) is 0 Å². The monoisotopic (exact) mass is 646 g/mol. The molecule has 2 aromatic carbocycles. The van der Waals surface area contributed by atoms with E-state index in [0.717, 1.165) is 47.3 Å². The van der Waals surface area contributed by atoms with Gasteiger partial charge in [-0.15, -0.1) is 0 Å². The van der Waals surface area contributed by atoms with Crippen molar-refractivity contribution in [2.75, 3.05) is 13.3 Å². The van der Waals surface area contributed by atoms with Crippen LogP contribution in [0.4, 0.5) is 0 Å². The molecular formula is C36H57NO7P+. The molecule has 252 valence electrons. The maximum absolute atomic E-state index is 12.8. The Balaban J connectivity index is 1.78. The molecule has 45 heavy (non-hydrogen) atoms. The van der Waals surface area contributed by atoms with Crippen LogP contribution in [-0.4, -0.2) is 45.7 Å². The van der Waals surface area contributed by atoms with E-state index in [-0.39, 0.29) is 12.3 Å². The fourth-order valence-corrected chi connectivity index (χ4v) is 6.34. The molecular weight excluding hydrogens is 589 g/mol. The number of rotatable bonds is 24. The second-order valence-corrected chi connectivity index (χ2v) is 14.0. The maximum atomic E-state index is 12.8. The Labute approximate surface area is 271 Å². The fourth-order valence-electron chi connectivity index (χ4n) is 5.70. The van der Waals surface area contributed by atoms with Crippen molar-refractivity contribution < 1.29 is 33.7 Å². The van der Waals surface area contributed by atoms with Crippen LogP contribution in [0.25, 0.3) is 0 Å². The molecule has 4 N–H and O–H groups in total. The van der Waals surface area contributed by atoms with Crippen LogP contribution in [0.5, 0.6) is 11.5 Å².